The fourth-order valence-corrected chi connectivity index (χ4v) is 5.76. The summed E-state index contributed by atoms with van der Waals surface area (Å²) < 4.78 is 6.24. The first-order chi connectivity index (χ1) is 14.8. The fraction of sp³-hybridized carbons (Fsp3) is 0.826. The van der Waals surface area contributed by atoms with E-state index in [1.807, 2.05) is 0 Å². The molecule has 0 unspecified atom stereocenters. The van der Waals surface area contributed by atoms with Crippen LogP contribution < -0.4 is 10.2 Å². The van der Waals surface area contributed by atoms with Gasteiger partial charge in [0, 0.05) is 57.7 Å². The van der Waals surface area contributed by atoms with Crippen LogP contribution in [0.4, 0.5) is 5.13 Å². The van der Waals surface area contributed by atoms with E-state index in [2.05, 4.69) is 27.4 Å². The Labute approximate surface area is 209 Å². The summed E-state index contributed by atoms with van der Waals surface area (Å²) in [7, 11) is 0. The van der Waals surface area contributed by atoms with Gasteiger partial charge >= 0.3 is 0 Å². The molecule has 1 aromatic heterocycles. The highest BCUT2D eigenvalue weighted by Crippen LogP contribution is 2.26. The van der Waals surface area contributed by atoms with E-state index in [1.165, 1.54) is 49.4 Å². The second-order valence-corrected chi connectivity index (χ2v) is 9.81. The first-order valence-electron chi connectivity index (χ1n) is 12.2. The quantitative estimate of drug-likeness (QED) is 0.287. The number of hydrogen-bond acceptors (Lipinski definition) is 5. The zero-order chi connectivity index (χ0) is 20.6. The van der Waals surface area contributed by atoms with Crippen molar-refractivity contribution in [1.29, 1.82) is 0 Å². The van der Waals surface area contributed by atoms with Crippen molar-refractivity contribution in [3.8, 4) is 0 Å². The highest BCUT2D eigenvalue weighted by atomic mass is 127. The van der Waals surface area contributed by atoms with E-state index in [-0.39, 0.29) is 24.0 Å². The maximum atomic E-state index is 6.24. The van der Waals surface area contributed by atoms with Gasteiger partial charge in [-0.1, -0.05) is 12.8 Å². The highest BCUT2D eigenvalue weighted by molar-refractivity contribution is 14.0. The number of ether oxygens (including phenoxy) is 1. The van der Waals surface area contributed by atoms with E-state index in [9.17, 15) is 0 Å². The molecule has 176 valence electrons. The predicted molar refractivity (Wildman–Crippen MR) is 141 cm³/mol. The van der Waals surface area contributed by atoms with Crippen molar-refractivity contribution < 1.29 is 4.74 Å². The third kappa shape index (κ3) is 7.45. The molecule has 3 heterocycles. The molecule has 3 aliphatic rings. The van der Waals surface area contributed by atoms with Gasteiger partial charge in [0.1, 0.15) is 0 Å². The highest BCUT2D eigenvalue weighted by Gasteiger charge is 2.24. The van der Waals surface area contributed by atoms with Crippen LogP contribution in [0.5, 0.6) is 0 Å². The molecule has 0 bridgehead atoms. The molecule has 0 spiro atoms. The molecule has 8 heteroatoms. The SMILES string of the molecule is CCNC(=NCCc1csc(N2CCCC2)n1)N1CCC(OCC2CCCC2)CC1.I. The van der Waals surface area contributed by atoms with E-state index >= 15 is 0 Å². The predicted octanol–water partition coefficient (Wildman–Crippen LogP) is 4.54. The lowest BCUT2D eigenvalue weighted by Gasteiger charge is -2.34. The smallest absolute Gasteiger partial charge is 0.193 e. The van der Waals surface area contributed by atoms with Crippen LogP contribution in [-0.4, -0.2) is 67.8 Å². The van der Waals surface area contributed by atoms with Crippen molar-refractivity contribution in [3.05, 3.63) is 11.1 Å². The van der Waals surface area contributed by atoms with Gasteiger partial charge in [-0.25, -0.2) is 4.98 Å². The Morgan fingerprint density at radius 1 is 1.13 bits per heavy atom. The van der Waals surface area contributed by atoms with Crippen molar-refractivity contribution in [2.75, 3.05) is 50.8 Å². The Morgan fingerprint density at radius 3 is 2.58 bits per heavy atom. The zero-order valence-corrected chi connectivity index (χ0v) is 22.2. The number of guanidine groups is 1. The molecule has 1 aromatic rings. The number of likely N-dealkylation sites (tertiary alicyclic amines) is 1. The minimum Gasteiger partial charge on any atom is -0.378 e. The number of nitrogens with one attached hydrogen (secondary N) is 1. The Kier molecular flexibility index (Phi) is 10.6. The van der Waals surface area contributed by atoms with Crippen LogP contribution >= 0.6 is 35.3 Å². The number of halogens is 1. The van der Waals surface area contributed by atoms with E-state index in [0.29, 0.717) is 6.10 Å². The summed E-state index contributed by atoms with van der Waals surface area (Å²) in [4.78, 5) is 14.6. The first-order valence-corrected chi connectivity index (χ1v) is 13.0. The van der Waals surface area contributed by atoms with Crippen LogP contribution in [0.1, 0.15) is 64.0 Å². The molecule has 6 nitrogen and oxygen atoms in total. The third-order valence-electron chi connectivity index (χ3n) is 6.66. The maximum Gasteiger partial charge on any atom is 0.193 e. The molecule has 0 radical (unpaired) electrons. The van der Waals surface area contributed by atoms with Crippen molar-refractivity contribution in [1.82, 2.24) is 15.2 Å². The molecular formula is C23H40IN5OS. The van der Waals surface area contributed by atoms with Gasteiger partial charge in [0.25, 0.3) is 0 Å². The monoisotopic (exact) mass is 561 g/mol. The summed E-state index contributed by atoms with van der Waals surface area (Å²) in [5.74, 6) is 1.88. The summed E-state index contributed by atoms with van der Waals surface area (Å²) in [5.41, 5.74) is 1.18. The number of nitrogens with zero attached hydrogens (tertiary/aromatic N) is 4. The van der Waals surface area contributed by atoms with Crippen molar-refractivity contribution >= 4 is 46.4 Å². The fourth-order valence-electron chi connectivity index (χ4n) is 4.85. The minimum absolute atomic E-state index is 0. The van der Waals surface area contributed by atoms with Gasteiger partial charge in [-0.3, -0.25) is 4.99 Å². The largest absolute Gasteiger partial charge is 0.378 e. The van der Waals surface area contributed by atoms with Crippen LogP contribution in [0.25, 0.3) is 0 Å². The lowest BCUT2D eigenvalue weighted by atomic mass is 10.1. The van der Waals surface area contributed by atoms with Crippen LogP contribution in [0.15, 0.2) is 10.4 Å². The summed E-state index contributed by atoms with van der Waals surface area (Å²) >= 11 is 1.78. The van der Waals surface area contributed by atoms with Crippen LogP contribution in [0.2, 0.25) is 0 Å². The van der Waals surface area contributed by atoms with E-state index < -0.39 is 0 Å². The van der Waals surface area contributed by atoms with E-state index in [1.54, 1.807) is 11.3 Å². The third-order valence-corrected chi connectivity index (χ3v) is 7.61. The molecule has 0 amide bonds. The zero-order valence-electron chi connectivity index (χ0n) is 19.1. The second kappa shape index (κ2) is 13.2. The number of hydrogen-bond donors (Lipinski definition) is 1. The lowest BCUT2D eigenvalue weighted by molar-refractivity contribution is 0.00102. The lowest BCUT2D eigenvalue weighted by Crippen LogP contribution is -2.47. The normalized spacial score (nSPS) is 21.0. The minimum atomic E-state index is 0. The van der Waals surface area contributed by atoms with Gasteiger partial charge in [0.05, 0.1) is 11.8 Å². The van der Waals surface area contributed by atoms with Crippen molar-refractivity contribution in [3.63, 3.8) is 0 Å². The summed E-state index contributed by atoms with van der Waals surface area (Å²) in [6.07, 6.45) is 11.7. The number of rotatable bonds is 8. The van der Waals surface area contributed by atoms with Crippen molar-refractivity contribution in [2.24, 2.45) is 10.9 Å². The summed E-state index contributed by atoms with van der Waals surface area (Å²) in [6.45, 7) is 9.23. The van der Waals surface area contributed by atoms with E-state index in [0.717, 1.165) is 77.0 Å². The number of thiazole rings is 1. The maximum absolute atomic E-state index is 6.24. The molecule has 31 heavy (non-hydrogen) atoms. The summed E-state index contributed by atoms with van der Waals surface area (Å²) in [6, 6.07) is 0. The Hall–Kier alpha value is -0.610. The molecule has 2 saturated heterocycles. The Morgan fingerprint density at radius 2 is 1.87 bits per heavy atom. The molecule has 1 N–H and O–H groups in total. The van der Waals surface area contributed by atoms with Gasteiger partial charge in [0.15, 0.2) is 11.1 Å². The number of aromatic nitrogens is 1. The molecular weight excluding hydrogens is 521 g/mol. The van der Waals surface area contributed by atoms with Crippen LogP contribution in [0.3, 0.4) is 0 Å². The average Bonchev–Trinajstić information content (AvgIpc) is 3.55. The van der Waals surface area contributed by atoms with Gasteiger partial charge in [-0.05, 0) is 51.4 Å². The van der Waals surface area contributed by atoms with Gasteiger partial charge in [-0.2, -0.15) is 0 Å². The molecule has 1 saturated carbocycles. The number of aliphatic imine (C=N–C) groups is 1. The van der Waals surface area contributed by atoms with Crippen LogP contribution in [-0.2, 0) is 11.2 Å². The molecule has 1 aliphatic carbocycles. The number of anilines is 1. The molecule has 0 aromatic carbocycles. The van der Waals surface area contributed by atoms with Crippen LogP contribution in [0, 0.1) is 5.92 Å². The van der Waals surface area contributed by atoms with Crippen molar-refractivity contribution in [2.45, 2.75) is 70.8 Å². The standard InChI is InChI=1S/C23H39N5OS.HI/c1-2-24-22(25-12-9-20-18-30-23(26-20)28-13-5-6-14-28)27-15-10-21(11-16-27)29-17-19-7-3-4-8-19;/h18-19,21H,2-17H2,1H3,(H,24,25);1H. The van der Waals surface area contributed by atoms with Gasteiger partial charge < -0.3 is 19.9 Å². The molecule has 3 fully saturated rings. The van der Waals surface area contributed by atoms with E-state index in [4.69, 9.17) is 14.7 Å². The Bertz CT molecular complexity index is 665. The number of piperidine rings is 1. The molecule has 0 atom stereocenters. The molecule has 4 rings (SSSR count). The second-order valence-electron chi connectivity index (χ2n) is 8.97. The average molecular weight is 562 g/mol. The summed E-state index contributed by atoms with van der Waals surface area (Å²) in [5, 5.41) is 6.89. The first kappa shape index (κ1) is 25.0. The van der Waals surface area contributed by atoms with Gasteiger partial charge in [-0.15, -0.1) is 35.3 Å². The Balaban J connectivity index is 0.00000272. The molecule has 2 aliphatic heterocycles. The topological polar surface area (TPSA) is 53.0 Å². The van der Waals surface area contributed by atoms with Gasteiger partial charge in [0.2, 0.25) is 0 Å².